The lowest BCUT2D eigenvalue weighted by molar-refractivity contribution is 0.102. The van der Waals surface area contributed by atoms with Gasteiger partial charge < -0.3 is 0 Å². The van der Waals surface area contributed by atoms with Crippen LogP contribution in [0.3, 0.4) is 0 Å². The number of rotatable bonds is 2. The SMILES string of the molecule is CC(C)(C)c1csc(NC(=O)c2ccc(C#N)cn2)n1. The van der Waals surface area contributed by atoms with Gasteiger partial charge in [0, 0.05) is 17.0 Å². The fraction of sp³-hybridized carbons (Fsp3) is 0.286. The number of pyridine rings is 1. The fourth-order valence-electron chi connectivity index (χ4n) is 1.43. The summed E-state index contributed by atoms with van der Waals surface area (Å²) in [6.45, 7) is 6.20. The number of thiazole rings is 1. The minimum absolute atomic E-state index is 0.0494. The summed E-state index contributed by atoms with van der Waals surface area (Å²) in [5, 5.41) is 13.9. The standard InChI is InChI=1S/C14H14N4OS/c1-14(2,3)11-8-20-13(17-11)18-12(19)10-5-4-9(6-15)7-16-10/h4-5,7-8H,1-3H3,(H,17,18,19). The molecule has 0 spiro atoms. The zero-order valence-corrected chi connectivity index (χ0v) is 12.3. The van der Waals surface area contributed by atoms with Crippen LogP contribution >= 0.6 is 11.3 Å². The van der Waals surface area contributed by atoms with Crippen LogP contribution in [0.5, 0.6) is 0 Å². The highest BCUT2D eigenvalue weighted by molar-refractivity contribution is 7.14. The highest BCUT2D eigenvalue weighted by Gasteiger charge is 2.18. The van der Waals surface area contributed by atoms with Crippen molar-refractivity contribution < 1.29 is 4.79 Å². The van der Waals surface area contributed by atoms with Gasteiger partial charge in [0.2, 0.25) is 0 Å². The van der Waals surface area contributed by atoms with Gasteiger partial charge in [0.25, 0.3) is 5.91 Å². The molecule has 0 unspecified atom stereocenters. The molecule has 1 N–H and O–H groups in total. The summed E-state index contributed by atoms with van der Waals surface area (Å²) in [6.07, 6.45) is 1.37. The van der Waals surface area contributed by atoms with Gasteiger partial charge in [-0.3, -0.25) is 10.1 Å². The van der Waals surface area contributed by atoms with E-state index in [1.807, 2.05) is 11.4 Å². The number of carbonyl (C=O) groups excluding carboxylic acids is 1. The third kappa shape index (κ3) is 3.19. The van der Waals surface area contributed by atoms with Crippen molar-refractivity contribution in [2.75, 3.05) is 5.32 Å². The average Bonchev–Trinajstić information content (AvgIpc) is 2.87. The van der Waals surface area contributed by atoms with Crippen LogP contribution in [0.25, 0.3) is 0 Å². The molecule has 2 heterocycles. The number of nitrogens with one attached hydrogen (secondary N) is 1. The van der Waals surface area contributed by atoms with E-state index in [0.29, 0.717) is 10.7 Å². The minimum Gasteiger partial charge on any atom is -0.296 e. The van der Waals surface area contributed by atoms with E-state index in [1.165, 1.54) is 23.6 Å². The molecule has 0 aliphatic rings. The molecule has 0 aliphatic carbocycles. The molecule has 1 amide bonds. The van der Waals surface area contributed by atoms with Crippen molar-refractivity contribution in [3.05, 3.63) is 40.7 Å². The summed E-state index contributed by atoms with van der Waals surface area (Å²) >= 11 is 1.38. The number of hydrogen-bond acceptors (Lipinski definition) is 5. The van der Waals surface area contributed by atoms with Crippen LogP contribution in [-0.4, -0.2) is 15.9 Å². The van der Waals surface area contributed by atoms with E-state index in [2.05, 4.69) is 36.1 Å². The molecule has 2 rings (SSSR count). The van der Waals surface area contributed by atoms with E-state index in [9.17, 15) is 4.79 Å². The molecule has 0 saturated heterocycles. The molecule has 2 aromatic heterocycles. The van der Waals surface area contributed by atoms with Gasteiger partial charge in [-0.05, 0) is 12.1 Å². The Labute approximate surface area is 121 Å². The molecule has 0 aromatic carbocycles. The highest BCUT2D eigenvalue weighted by Crippen LogP contribution is 2.26. The predicted molar refractivity (Wildman–Crippen MR) is 77.7 cm³/mol. The smallest absolute Gasteiger partial charge is 0.276 e. The molecule has 2 aromatic rings. The Morgan fingerprint density at radius 3 is 2.65 bits per heavy atom. The topological polar surface area (TPSA) is 78.7 Å². The molecule has 0 fully saturated rings. The lowest BCUT2D eigenvalue weighted by Crippen LogP contribution is -2.15. The van der Waals surface area contributed by atoms with Crippen molar-refractivity contribution in [3.8, 4) is 6.07 Å². The zero-order valence-electron chi connectivity index (χ0n) is 11.5. The maximum Gasteiger partial charge on any atom is 0.276 e. The number of nitrogens with zero attached hydrogens (tertiary/aromatic N) is 3. The lowest BCUT2D eigenvalue weighted by atomic mass is 9.93. The Bertz CT molecular complexity index is 662. The molecule has 0 aliphatic heterocycles. The van der Waals surface area contributed by atoms with E-state index >= 15 is 0 Å². The Morgan fingerprint density at radius 2 is 2.15 bits per heavy atom. The Kier molecular flexibility index (Phi) is 3.81. The first-order valence-electron chi connectivity index (χ1n) is 6.03. The number of nitriles is 1. The molecule has 0 atom stereocenters. The second-order valence-corrected chi connectivity index (χ2v) is 6.14. The van der Waals surface area contributed by atoms with Crippen molar-refractivity contribution in [3.63, 3.8) is 0 Å². The highest BCUT2D eigenvalue weighted by atomic mass is 32.1. The van der Waals surface area contributed by atoms with Crippen LogP contribution in [0.2, 0.25) is 0 Å². The fourth-order valence-corrected chi connectivity index (χ4v) is 2.36. The first kappa shape index (κ1) is 14.2. The number of amides is 1. The van der Waals surface area contributed by atoms with Crippen LogP contribution in [-0.2, 0) is 5.41 Å². The van der Waals surface area contributed by atoms with E-state index < -0.39 is 0 Å². The van der Waals surface area contributed by atoms with Gasteiger partial charge in [-0.25, -0.2) is 9.97 Å². The summed E-state index contributed by atoms with van der Waals surface area (Å²) in [7, 11) is 0. The zero-order chi connectivity index (χ0) is 14.8. The number of carbonyl (C=O) groups is 1. The van der Waals surface area contributed by atoms with Crippen LogP contribution in [0, 0.1) is 11.3 Å². The maximum absolute atomic E-state index is 12.0. The first-order valence-corrected chi connectivity index (χ1v) is 6.91. The number of anilines is 1. The van der Waals surface area contributed by atoms with Crippen molar-refractivity contribution in [2.24, 2.45) is 0 Å². The molecule has 0 bridgehead atoms. The van der Waals surface area contributed by atoms with E-state index in [0.717, 1.165) is 5.69 Å². The van der Waals surface area contributed by atoms with Crippen LogP contribution < -0.4 is 5.32 Å². The molecule has 0 saturated carbocycles. The van der Waals surface area contributed by atoms with Crippen LogP contribution in [0.4, 0.5) is 5.13 Å². The lowest BCUT2D eigenvalue weighted by Gasteiger charge is -2.14. The van der Waals surface area contributed by atoms with Gasteiger partial charge in [0.1, 0.15) is 11.8 Å². The van der Waals surface area contributed by atoms with Gasteiger partial charge in [-0.2, -0.15) is 5.26 Å². The summed E-state index contributed by atoms with van der Waals surface area (Å²) in [5.41, 5.74) is 1.57. The van der Waals surface area contributed by atoms with E-state index in [-0.39, 0.29) is 17.0 Å². The predicted octanol–water partition coefficient (Wildman–Crippen LogP) is 2.96. The molecule has 102 valence electrons. The second-order valence-electron chi connectivity index (χ2n) is 5.29. The minimum atomic E-state index is -0.329. The maximum atomic E-state index is 12.0. The molecular formula is C14H14N4OS. The largest absolute Gasteiger partial charge is 0.296 e. The van der Waals surface area contributed by atoms with Crippen LogP contribution in [0.1, 0.15) is 42.5 Å². The van der Waals surface area contributed by atoms with E-state index in [1.54, 1.807) is 6.07 Å². The van der Waals surface area contributed by atoms with Crippen molar-refractivity contribution in [1.29, 1.82) is 5.26 Å². The third-order valence-corrected chi connectivity index (χ3v) is 3.38. The first-order chi connectivity index (χ1) is 9.40. The van der Waals surface area contributed by atoms with Gasteiger partial charge in [-0.1, -0.05) is 20.8 Å². The van der Waals surface area contributed by atoms with Crippen molar-refractivity contribution in [2.45, 2.75) is 26.2 Å². The summed E-state index contributed by atoms with van der Waals surface area (Å²) in [6, 6.07) is 5.04. The quantitative estimate of drug-likeness (QED) is 0.920. The van der Waals surface area contributed by atoms with Crippen molar-refractivity contribution >= 4 is 22.4 Å². The van der Waals surface area contributed by atoms with Crippen LogP contribution in [0.15, 0.2) is 23.7 Å². The van der Waals surface area contributed by atoms with Gasteiger partial charge in [0.05, 0.1) is 11.3 Å². The normalized spacial score (nSPS) is 10.9. The van der Waals surface area contributed by atoms with Gasteiger partial charge >= 0.3 is 0 Å². The van der Waals surface area contributed by atoms with Crippen molar-refractivity contribution in [1.82, 2.24) is 9.97 Å². The monoisotopic (exact) mass is 286 g/mol. The van der Waals surface area contributed by atoms with E-state index in [4.69, 9.17) is 5.26 Å². The molecule has 0 radical (unpaired) electrons. The molecule has 20 heavy (non-hydrogen) atoms. The summed E-state index contributed by atoms with van der Waals surface area (Å²) < 4.78 is 0. The molecule has 5 nitrogen and oxygen atoms in total. The summed E-state index contributed by atoms with van der Waals surface area (Å²) in [4.78, 5) is 20.3. The number of aromatic nitrogens is 2. The van der Waals surface area contributed by atoms with Gasteiger partial charge in [0.15, 0.2) is 5.13 Å². The summed E-state index contributed by atoms with van der Waals surface area (Å²) in [5.74, 6) is -0.329. The van der Waals surface area contributed by atoms with Gasteiger partial charge in [-0.15, -0.1) is 11.3 Å². The Hall–Kier alpha value is -2.26. The second kappa shape index (κ2) is 5.39. The number of hydrogen-bond donors (Lipinski definition) is 1. The Balaban J connectivity index is 2.11. The Morgan fingerprint density at radius 1 is 1.40 bits per heavy atom. The third-order valence-electron chi connectivity index (χ3n) is 2.62. The molecule has 6 heteroatoms. The average molecular weight is 286 g/mol. The molecular weight excluding hydrogens is 272 g/mol.